The number of hydrogen-bond donors (Lipinski definition) is 2. The fourth-order valence-corrected chi connectivity index (χ4v) is 3.64. The third-order valence-corrected chi connectivity index (χ3v) is 5.54. The average Bonchev–Trinajstić information content (AvgIpc) is 2.59. The Labute approximate surface area is 149 Å². The third kappa shape index (κ3) is 5.41. The molecule has 0 fully saturated rings. The van der Waals surface area contributed by atoms with Crippen LogP contribution in [0.2, 0.25) is 0 Å². The summed E-state index contributed by atoms with van der Waals surface area (Å²) < 4.78 is 27.0. The summed E-state index contributed by atoms with van der Waals surface area (Å²) in [7, 11) is -3.56. The third-order valence-electron chi connectivity index (χ3n) is 3.93. The van der Waals surface area contributed by atoms with Crippen molar-refractivity contribution < 1.29 is 13.2 Å². The largest absolute Gasteiger partial charge is 0.348 e. The van der Waals surface area contributed by atoms with Gasteiger partial charge in [-0.1, -0.05) is 36.8 Å². The molecule has 5 nitrogen and oxygen atoms in total. The average molecular weight is 360 g/mol. The Balaban J connectivity index is 2.02. The molecule has 0 heterocycles. The quantitative estimate of drug-likeness (QED) is 0.797. The van der Waals surface area contributed by atoms with E-state index in [0.717, 1.165) is 11.1 Å². The molecule has 0 spiro atoms. The molecule has 0 saturated carbocycles. The van der Waals surface area contributed by atoms with Gasteiger partial charge in [0.2, 0.25) is 10.0 Å². The number of nitrogens with one attached hydrogen (secondary N) is 2. The van der Waals surface area contributed by atoms with E-state index in [-0.39, 0.29) is 16.8 Å². The highest BCUT2D eigenvalue weighted by Crippen LogP contribution is 2.12. The Hall–Kier alpha value is -2.18. The highest BCUT2D eigenvalue weighted by atomic mass is 32.2. The van der Waals surface area contributed by atoms with Gasteiger partial charge in [-0.25, -0.2) is 13.1 Å². The predicted octanol–water partition coefficient (Wildman–Crippen LogP) is 3.00. The molecule has 6 heteroatoms. The Morgan fingerprint density at radius 2 is 1.80 bits per heavy atom. The molecule has 0 saturated heterocycles. The van der Waals surface area contributed by atoms with E-state index in [4.69, 9.17) is 0 Å². The summed E-state index contributed by atoms with van der Waals surface area (Å²) in [5.41, 5.74) is 2.58. The first-order chi connectivity index (χ1) is 11.8. The zero-order valence-corrected chi connectivity index (χ0v) is 15.6. The summed E-state index contributed by atoms with van der Waals surface area (Å²) in [6.07, 6.45) is 0.707. The summed E-state index contributed by atoms with van der Waals surface area (Å²) in [5, 5.41) is 2.84. The monoisotopic (exact) mass is 360 g/mol. The smallest absolute Gasteiger partial charge is 0.251 e. The van der Waals surface area contributed by atoms with Crippen molar-refractivity contribution in [2.75, 3.05) is 0 Å². The van der Waals surface area contributed by atoms with Gasteiger partial charge in [0, 0.05) is 18.2 Å². The van der Waals surface area contributed by atoms with Crippen LogP contribution < -0.4 is 10.0 Å². The standard InChI is InChI=1S/C19H24N2O3S/c1-4-15(3)21-25(23,24)18-10-8-17(9-11-18)19(22)20-13-16-7-5-6-14(2)12-16/h5-12,15,21H,4,13H2,1-3H3,(H,20,22). The van der Waals surface area contributed by atoms with Crippen molar-refractivity contribution in [1.82, 2.24) is 10.0 Å². The fourth-order valence-electron chi connectivity index (χ4n) is 2.31. The second-order valence-electron chi connectivity index (χ2n) is 6.13. The Morgan fingerprint density at radius 1 is 1.12 bits per heavy atom. The highest BCUT2D eigenvalue weighted by Gasteiger charge is 2.17. The highest BCUT2D eigenvalue weighted by molar-refractivity contribution is 7.89. The minimum atomic E-state index is -3.56. The van der Waals surface area contributed by atoms with E-state index in [1.807, 2.05) is 45.0 Å². The lowest BCUT2D eigenvalue weighted by atomic mass is 10.1. The molecule has 0 aliphatic rings. The number of amides is 1. The maximum atomic E-state index is 12.2. The second-order valence-corrected chi connectivity index (χ2v) is 7.84. The fraction of sp³-hybridized carbons (Fsp3) is 0.316. The maximum absolute atomic E-state index is 12.2. The molecule has 2 N–H and O–H groups in total. The zero-order valence-electron chi connectivity index (χ0n) is 14.7. The van der Waals surface area contributed by atoms with Crippen molar-refractivity contribution in [3.8, 4) is 0 Å². The van der Waals surface area contributed by atoms with Crippen LogP contribution in [0.5, 0.6) is 0 Å². The van der Waals surface area contributed by atoms with Gasteiger partial charge in [0.15, 0.2) is 0 Å². The molecule has 1 unspecified atom stereocenters. The summed E-state index contributed by atoms with van der Waals surface area (Å²) >= 11 is 0. The molecule has 1 amide bonds. The van der Waals surface area contributed by atoms with Crippen molar-refractivity contribution in [2.24, 2.45) is 0 Å². The van der Waals surface area contributed by atoms with Crippen molar-refractivity contribution in [1.29, 1.82) is 0 Å². The number of hydrogen-bond acceptors (Lipinski definition) is 3. The van der Waals surface area contributed by atoms with E-state index in [1.54, 1.807) is 0 Å². The molecular weight excluding hydrogens is 336 g/mol. The van der Waals surface area contributed by atoms with Gasteiger partial charge in [-0.2, -0.15) is 0 Å². The molecule has 2 aromatic carbocycles. The molecule has 1 atom stereocenters. The van der Waals surface area contributed by atoms with Crippen molar-refractivity contribution >= 4 is 15.9 Å². The summed E-state index contributed by atoms with van der Waals surface area (Å²) in [6.45, 7) is 6.15. The Bertz CT molecular complexity index is 830. The first-order valence-corrected chi connectivity index (χ1v) is 9.76. The maximum Gasteiger partial charge on any atom is 0.251 e. The number of benzene rings is 2. The van der Waals surface area contributed by atoms with E-state index in [2.05, 4.69) is 10.0 Å². The molecule has 0 aliphatic heterocycles. The molecule has 0 aromatic heterocycles. The predicted molar refractivity (Wildman–Crippen MR) is 98.9 cm³/mol. The van der Waals surface area contributed by atoms with Gasteiger partial charge in [-0.3, -0.25) is 4.79 Å². The van der Waals surface area contributed by atoms with Crippen molar-refractivity contribution in [3.05, 3.63) is 65.2 Å². The van der Waals surface area contributed by atoms with Gasteiger partial charge < -0.3 is 5.32 Å². The van der Waals surface area contributed by atoms with Crippen LogP contribution in [0.4, 0.5) is 0 Å². The van der Waals surface area contributed by atoms with Gasteiger partial charge in [-0.05, 0) is 50.1 Å². The first-order valence-electron chi connectivity index (χ1n) is 8.28. The topological polar surface area (TPSA) is 75.3 Å². The van der Waals surface area contributed by atoms with E-state index < -0.39 is 10.0 Å². The van der Waals surface area contributed by atoms with E-state index in [0.29, 0.717) is 18.5 Å². The van der Waals surface area contributed by atoms with Crippen molar-refractivity contribution in [3.63, 3.8) is 0 Å². The summed E-state index contributed by atoms with van der Waals surface area (Å²) in [5.74, 6) is -0.236. The van der Waals surface area contributed by atoms with E-state index >= 15 is 0 Å². The van der Waals surface area contributed by atoms with E-state index in [1.165, 1.54) is 24.3 Å². The molecule has 0 bridgehead atoms. The van der Waals surface area contributed by atoms with Gasteiger partial charge in [0.25, 0.3) is 5.91 Å². The minimum absolute atomic E-state index is 0.137. The summed E-state index contributed by atoms with van der Waals surface area (Å²) in [6, 6.07) is 13.7. The number of aryl methyl sites for hydroxylation is 1. The molecule has 0 radical (unpaired) electrons. The van der Waals surface area contributed by atoms with Crippen LogP contribution in [-0.2, 0) is 16.6 Å². The van der Waals surface area contributed by atoms with Gasteiger partial charge in [0.1, 0.15) is 0 Å². The lowest BCUT2D eigenvalue weighted by Gasteiger charge is -2.12. The van der Waals surface area contributed by atoms with Gasteiger partial charge >= 0.3 is 0 Å². The number of carbonyl (C=O) groups is 1. The van der Waals surface area contributed by atoms with Crippen LogP contribution in [-0.4, -0.2) is 20.4 Å². The van der Waals surface area contributed by atoms with E-state index in [9.17, 15) is 13.2 Å². The van der Waals surface area contributed by atoms with Crippen LogP contribution in [0.1, 0.15) is 41.8 Å². The van der Waals surface area contributed by atoms with Crippen LogP contribution in [0.25, 0.3) is 0 Å². The Kier molecular flexibility index (Phi) is 6.33. The Morgan fingerprint density at radius 3 is 2.40 bits per heavy atom. The number of sulfonamides is 1. The van der Waals surface area contributed by atoms with Gasteiger partial charge in [0.05, 0.1) is 4.90 Å². The lowest BCUT2D eigenvalue weighted by molar-refractivity contribution is 0.0951. The minimum Gasteiger partial charge on any atom is -0.348 e. The molecule has 2 rings (SSSR count). The number of carbonyl (C=O) groups excluding carboxylic acids is 1. The molecule has 25 heavy (non-hydrogen) atoms. The van der Waals surface area contributed by atoms with Crippen LogP contribution in [0.3, 0.4) is 0 Å². The summed E-state index contributed by atoms with van der Waals surface area (Å²) in [4.78, 5) is 12.4. The zero-order chi connectivity index (χ0) is 18.4. The van der Waals surface area contributed by atoms with Gasteiger partial charge in [-0.15, -0.1) is 0 Å². The van der Waals surface area contributed by atoms with Crippen LogP contribution >= 0.6 is 0 Å². The lowest BCUT2D eigenvalue weighted by Crippen LogP contribution is -2.32. The number of rotatable bonds is 7. The molecule has 0 aliphatic carbocycles. The first kappa shape index (κ1) is 19.1. The van der Waals surface area contributed by atoms with Crippen molar-refractivity contribution in [2.45, 2.75) is 44.7 Å². The van der Waals surface area contributed by atoms with Crippen LogP contribution in [0, 0.1) is 6.92 Å². The SMILES string of the molecule is CCC(C)NS(=O)(=O)c1ccc(C(=O)NCc2cccc(C)c2)cc1. The molecular formula is C19H24N2O3S. The van der Waals surface area contributed by atoms with Crippen LogP contribution in [0.15, 0.2) is 53.4 Å². The second kappa shape index (κ2) is 8.27. The molecule has 134 valence electrons. The molecule has 2 aromatic rings. The normalized spacial score (nSPS) is 12.6.